The Kier molecular flexibility index (Phi) is 4.78. The number of ether oxygens (including phenoxy) is 3. The summed E-state index contributed by atoms with van der Waals surface area (Å²) >= 11 is 0. The summed E-state index contributed by atoms with van der Waals surface area (Å²) in [6.45, 7) is 3.81. The summed E-state index contributed by atoms with van der Waals surface area (Å²) in [6, 6.07) is 8.97. The van der Waals surface area contributed by atoms with Gasteiger partial charge >= 0.3 is 5.97 Å². The van der Waals surface area contributed by atoms with E-state index in [0.717, 1.165) is 11.1 Å². The van der Waals surface area contributed by atoms with E-state index in [1.165, 1.54) is 7.11 Å². The highest BCUT2D eigenvalue weighted by Crippen LogP contribution is 2.55. The van der Waals surface area contributed by atoms with Gasteiger partial charge in [-0.1, -0.05) is 32.0 Å². The number of Topliss-reactive ketones (excluding diaryl/α,β-unsaturated/α-hetero) is 1. The molecule has 1 N–H and O–H groups in total. The van der Waals surface area contributed by atoms with Gasteiger partial charge in [0.2, 0.25) is 5.75 Å². The topological polar surface area (TPSA) is 82.1 Å². The molecule has 1 unspecified atom stereocenters. The van der Waals surface area contributed by atoms with Crippen molar-refractivity contribution in [2.75, 3.05) is 14.2 Å². The van der Waals surface area contributed by atoms with Crippen LogP contribution < -0.4 is 14.2 Å². The molecule has 0 spiro atoms. The van der Waals surface area contributed by atoms with Crippen LogP contribution in [0.4, 0.5) is 0 Å². The first-order valence-electron chi connectivity index (χ1n) is 11.6. The van der Waals surface area contributed by atoms with Crippen molar-refractivity contribution in [3.8, 4) is 28.4 Å². The predicted molar refractivity (Wildman–Crippen MR) is 116 cm³/mol. The second-order valence-electron chi connectivity index (χ2n) is 8.59. The molecule has 1 saturated carbocycles. The van der Waals surface area contributed by atoms with E-state index in [9.17, 15) is 14.7 Å². The fraction of sp³-hybridized carbons (Fsp3) is 0.440. The highest BCUT2D eigenvalue weighted by Gasteiger charge is 2.59. The van der Waals surface area contributed by atoms with Crippen molar-refractivity contribution in [2.45, 2.75) is 45.6 Å². The minimum absolute atomic E-state index is 0.0822. The number of rotatable bonds is 8. The predicted octanol–water partition coefficient (Wildman–Crippen LogP) is 4.77. The lowest BCUT2D eigenvalue weighted by molar-refractivity contribution is -0.148. The number of ketones is 1. The van der Waals surface area contributed by atoms with Gasteiger partial charge in [0.05, 0.1) is 16.9 Å². The maximum atomic E-state index is 12.3. The molecule has 6 heteroatoms. The Hall–Kier alpha value is -3.02. The number of methoxy groups -OCH3 is 2. The highest BCUT2D eigenvalue weighted by molar-refractivity contribution is 6.02. The van der Waals surface area contributed by atoms with Gasteiger partial charge in [0.25, 0.3) is 0 Å². The second kappa shape index (κ2) is 7.91. The maximum Gasteiger partial charge on any atom is 0.313 e. The molecule has 31 heavy (non-hydrogen) atoms. The summed E-state index contributed by atoms with van der Waals surface area (Å²) in [5.74, 6) is -0.347. The smallest absolute Gasteiger partial charge is 0.313 e. The van der Waals surface area contributed by atoms with Gasteiger partial charge in [-0.3, -0.25) is 9.59 Å². The summed E-state index contributed by atoms with van der Waals surface area (Å²) in [4.78, 5) is 24.5. The second-order valence-corrected chi connectivity index (χ2v) is 8.59. The van der Waals surface area contributed by atoms with E-state index in [4.69, 9.17) is 17.0 Å². The quantitative estimate of drug-likeness (QED) is 0.655. The van der Waals surface area contributed by atoms with Crippen LogP contribution >= 0.6 is 0 Å². The van der Waals surface area contributed by atoms with Crippen LogP contribution in [0.15, 0.2) is 30.3 Å². The number of carboxylic acid groups (broad SMARTS) is 1. The first-order valence-corrected chi connectivity index (χ1v) is 10.5. The normalized spacial score (nSPS) is 18.3. The third-order valence-corrected chi connectivity index (χ3v) is 6.39. The van der Waals surface area contributed by atoms with Gasteiger partial charge in [-0.25, -0.2) is 0 Å². The molecular weight excluding hydrogens is 396 g/mol. The van der Waals surface area contributed by atoms with E-state index in [2.05, 4.69) is 0 Å². The highest BCUT2D eigenvalue weighted by atomic mass is 16.5. The SMILES string of the molecule is [2H]C([2H])Oc1c(OC)ccc(-c2cccc3c2CCC3=O)c1OC(C(C)C)C1(C(=O)O)CC1. The third-order valence-electron chi connectivity index (χ3n) is 6.39. The zero-order chi connectivity index (χ0) is 23.9. The molecule has 2 aromatic carbocycles. The number of hydrogen-bond donors (Lipinski definition) is 1. The van der Waals surface area contributed by atoms with Crippen LogP contribution in [0, 0.1) is 11.3 Å². The molecule has 6 nitrogen and oxygen atoms in total. The number of hydrogen-bond acceptors (Lipinski definition) is 5. The van der Waals surface area contributed by atoms with Crippen LogP contribution in [0.1, 0.15) is 51.8 Å². The van der Waals surface area contributed by atoms with Crippen molar-refractivity contribution < 1.29 is 31.6 Å². The lowest BCUT2D eigenvalue weighted by atomic mass is 9.89. The van der Waals surface area contributed by atoms with E-state index in [0.29, 0.717) is 36.8 Å². The minimum Gasteiger partial charge on any atom is -0.493 e. The molecule has 164 valence electrons. The van der Waals surface area contributed by atoms with Gasteiger partial charge in [0, 0.05) is 17.5 Å². The van der Waals surface area contributed by atoms with Gasteiger partial charge in [0.1, 0.15) is 11.5 Å². The van der Waals surface area contributed by atoms with Crippen LogP contribution in [-0.4, -0.2) is 37.1 Å². The molecule has 0 amide bonds. The lowest BCUT2D eigenvalue weighted by Crippen LogP contribution is -2.39. The molecule has 0 heterocycles. The Morgan fingerprint density at radius 2 is 1.81 bits per heavy atom. The molecule has 0 aliphatic heterocycles. The molecule has 4 rings (SSSR count). The molecule has 0 radical (unpaired) electrons. The summed E-state index contributed by atoms with van der Waals surface area (Å²) in [7, 11) is -0.195. The van der Waals surface area contributed by atoms with Crippen LogP contribution in [0.25, 0.3) is 11.1 Å². The summed E-state index contributed by atoms with van der Waals surface area (Å²) in [6.07, 6.45) is 1.39. The molecule has 0 saturated heterocycles. The number of carboxylic acids is 1. The van der Waals surface area contributed by atoms with Crippen molar-refractivity contribution in [3.63, 3.8) is 0 Å². The van der Waals surface area contributed by atoms with Gasteiger partial charge in [-0.05, 0) is 48.4 Å². The molecule has 2 aromatic rings. The van der Waals surface area contributed by atoms with Gasteiger partial charge in [-0.15, -0.1) is 0 Å². The Bertz CT molecular complexity index is 1090. The molecular formula is C25H28O6. The van der Waals surface area contributed by atoms with Crippen LogP contribution in [0.2, 0.25) is 0 Å². The number of fused-ring (bicyclic) bond motifs is 1. The van der Waals surface area contributed by atoms with Crippen molar-refractivity contribution >= 4 is 11.8 Å². The molecule has 2 aliphatic rings. The van der Waals surface area contributed by atoms with E-state index in [1.54, 1.807) is 18.2 Å². The largest absolute Gasteiger partial charge is 0.493 e. The van der Waals surface area contributed by atoms with Crippen molar-refractivity contribution in [2.24, 2.45) is 11.3 Å². The van der Waals surface area contributed by atoms with Gasteiger partial charge in [-0.2, -0.15) is 0 Å². The summed E-state index contributed by atoms with van der Waals surface area (Å²) in [5.41, 5.74) is 1.97. The maximum absolute atomic E-state index is 12.3. The van der Waals surface area contributed by atoms with E-state index in [-0.39, 0.29) is 28.9 Å². The zero-order valence-electron chi connectivity index (χ0n) is 19.9. The number of carbonyl (C=O) groups excluding carboxylic acids is 1. The molecule has 2 aliphatic carbocycles. The Labute approximate surface area is 184 Å². The molecule has 1 atom stereocenters. The minimum atomic E-state index is -1.65. The molecule has 0 bridgehead atoms. The van der Waals surface area contributed by atoms with Crippen molar-refractivity contribution in [1.82, 2.24) is 0 Å². The van der Waals surface area contributed by atoms with Crippen molar-refractivity contribution in [3.05, 3.63) is 41.5 Å². The Balaban J connectivity index is 1.92. The zero-order valence-corrected chi connectivity index (χ0v) is 17.9. The summed E-state index contributed by atoms with van der Waals surface area (Å²) < 4.78 is 32.8. The lowest BCUT2D eigenvalue weighted by Gasteiger charge is -2.30. The Morgan fingerprint density at radius 1 is 1.06 bits per heavy atom. The Morgan fingerprint density at radius 3 is 2.42 bits per heavy atom. The number of carbonyl (C=O) groups is 2. The number of benzene rings is 2. The van der Waals surface area contributed by atoms with Gasteiger partial charge < -0.3 is 19.3 Å². The van der Waals surface area contributed by atoms with E-state index in [1.807, 2.05) is 26.0 Å². The average molecular weight is 427 g/mol. The molecule has 1 fully saturated rings. The summed E-state index contributed by atoms with van der Waals surface area (Å²) in [5, 5.41) is 9.93. The van der Waals surface area contributed by atoms with Crippen LogP contribution in [-0.2, 0) is 11.2 Å². The van der Waals surface area contributed by atoms with Crippen molar-refractivity contribution in [1.29, 1.82) is 0 Å². The van der Waals surface area contributed by atoms with E-state index >= 15 is 0 Å². The van der Waals surface area contributed by atoms with Gasteiger partial charge in [0.15, 0.2) is 17.3 Å². The molecule has 0 aromatic heterocycles. The fourth-order valence-electron chi connectivity index (χ4n) is 4.66. The third kappa shape index (κ3) is 3.44. The first-order chi connectivity index (χ1) is 15.7. The first kappa shape index (κ1) is 18.7. The standard InChI is InChI=1S/C25H28O6/c1-14(2)23(25(12-13-25)24(27)28)31-21-18(9-11-20(29-3)22(21)30-4)15-6-5-7-17-16(15)8-10-19(17)26/h5-7,9,11,14,23H,8,10,12-13H2,1-4H3,(H,27,28)/i4D2. The fourth-order valence-corrected chi connectivity index (χ4v) is 4.66. The van der Waals surface area contributed by atoms with Crippen LogP contribution in [0.3, 0.4) is 0 Å². The monoisotopic (exact) mass is 426 g/mol. The number of aliphatic carboxylic acids is 1. The van der Waals surface area contributed by atoms with Crippen LogP contribution in [0.5, 0.6) is 17.2 Å². The van der Waals surface area contributed by atoms with E-state index < -0.39 is 24.6 Å². The average Bonchev–Trinajstić information content (AvgIpc) is 3.49.